The molecule has 4 atom stereocenters. The van der Waals surface area contributed by atoms with Crippen LogP contribution in [0, 0.1) is 11.8 Å². The Balaban J connectivity index is 0.950. The molecule has 3 aromatic heterocycles. The Kier molecular flexibility index (Phi) is 11.0. The summed E-state index contributed by atoms with van der Waals surface area (Å²) in [6.45, 7) is 7.05. The van der Waals surface area contributed by atoms with Crippen LogP contribution in [0.25, 0.3) is 82.8 Å². The lowest BCUT2D eigenvalue weighted by molar-refractivity contribution is 0.432. The van der Waals surface area contributed by atoms with Crippen LogP contribution in [0.5, 0.6) is 0 Å². The third-order valence-corrected chi connectivity index (χ3v) is 16.7. The molecule has 75 heavy (non-hydrogen) atoms. The fourth-order valence-electron chi connectivity index (χ4n) is 12.8. The van der Waals surface area contributed by atoms with E-state index in [1.165, 1.54) is 55.3 Å². The molecule has 0 amide bonds. The van der Waals surface area contributed by atoms with Crippen LogP contribution in [0.15, 0.2) is 244 Å². The highest BCUT2D eigenvalue weighted by Crippen LogP contribution is 2.50. The van der Waals surface area contributed by atoms with Crippen molar-refractivity contribution in [2.45, 2.75) is 51.9 Å². The number of hydrogen-bond donors (Lipinski definition) is 0. The van der Waals surface area contributed by atoms with Crippen molar-refractivity contribution in [1.82, 2.24) is 4.57 Å². The molecule has 0 spiro atoms. The Labute approximate surface area is 437 Å². The molecule has 4 unspecified atom stereocenters. The van der Waals surface area contributed by atoms with Gasteiger partial charge < -0.3 is 13.4 Å². The maximum Gasteiger partial charge on any atom is 0.137 e. The molecule has 9 aromatic carbocycles. The first-order valence-corrected chi connectivity index (χ1v) is 26.8. The highest BCUT2D eigenvalue weighted by atomic mass is 16.3. The normalized spacial score (nSPS) is 19.1. The van der Waals surface area contributed by atoms with Gasteiger partial charge in [0.2, 0.25) is 0 Å². The Bertz CT molecular complexity index is 4260. The smallest absolute Gasteiger partial charge is 0.137 e. The summed E-state index contributed by atoms with van der Waals surface area (Å²) in [6, 6.07) is 79.4. The Morgan fingerprint density at radius 2 is 1.16 bits per heavy atom. The summed E-state index contributed by atoms with van der Waals surface area (Å²) < 4.78 is 16.4. The second kappa shape index (κ2) is 18.3. The molecule has 0 radical (unpaired) electrons. The number of furan rings is 2. The minimum Gasteiger partial charge on any atom is -0.460 e. The van der Waals surface area contributed by atoms with Crippen molar-refractivity contribution in [3.63, 3.8) is 0 Å². The molecule has 1 aliphatic heterocycles. The first-order chi connectivity index (χ1) is 37.0. The van der Waals surface area contributed by atoms with Gasteiger partial charge in [0.1, 0.15) is 22.5 Å². The van der Waals surface area contributed by atoms with Gasteiger partial charge in [-0.1, -0.05) is 190 Å². The van der Waals surface area contributed by atoms with Crippen molar-refractivity contribution in [3.8, 4) is 16.8 Å². The lowest BCUT2D eigenvalue weighted by atomic mass is 9.73. The van der Waals surface area contributed by atoms with Gasteiger partial charge in [0.05, 0.1) is 28.1 Å². The van der Waals surface area contributed by atoms with Crippen molar-refractivity contribution >= 4 is 71.7 Å². The van der Waals surface area contributed by atoms with Crippen molar-refractivity contribution in [2.24, 2.45) is 16.8 Å². The van der Waals surface area contributed by atoms with E-state index in [-0.39, 0.29) is 11.8 Å². The van der Waals surface area contributed by atoms with Crippen LogP contribution < -0.4 is 0 Å². The molecule has 4 heterocycles. The summed E-state index contributed by atoms with van der Waals surface area (Å²) in [4.78, 5) is 5.80. The molecule has 0 saturated carbocycles. The molecule has 362 valence electrons. The number of allylic oxidation sites excluding steroid dienone is 2. The van der Waals surface area contributed by atoms with E-state index in [9.17, 15) is 0 Å². The topological polar surface area (TPSA) is 43.6 Å². The molecular formula is C71H56N2O2. The van der Waals surface area contributed by atoms with Crippen LogP contribution in [-0.4, -0.2) is 10.3 Å². The van der Waals surface area contributed by atoms with Crippen molar-refractivity contribution < 1.29 is 8.83 Å². The second-order valence-corrected chi connectivity index (χ2v) is 20.8. The second-order valence-electron chi connectivity index (χ2n) is 20.8. The zero-order valence-electron chi connectivity index (χ0n) is 42.5. The van der Waals surface area contributed by atoms with E-state index in [2.05, 4.69) is 250 Å². The number of nitrogens with zero attached hydrogens (tertiary/aromatic N) is 2. The van der Waals surface area contributed by atoms with Crippen LogP contribution in [0.1, 0.15) is 91.0 Å². The maximum absolute atomic E-state index is 7.25. The minimum atomic E-state index is -0.106. The number of aromatic nitrogens is 1. The maximum atomic E-state index is 7.25. The van der Waals surface area contributed by atoms with E-state index in [4.69, 9.17) is 13.8 Å². The SMILES string of the molecule is CCC1CC(c2ccccc2)C(C)/C(C)=C(/c2ccccc2)N=C1c1cccc(C2=CCC(c3cc4c(cc3-n3c5ccccc5c5cc(-c6ccccc6)ccc53)oc3ccccc34)c3oc4ccccc4c32)c1. The summed E-state index contributed by atoms with van der Waals surface area (Å²) in [5.74, 6) is 1.79. The standard InChI is InChI=1S/C71H56N2O2/c1-4-46-40-58(48-23-10-6-11-24-48)44(2)45(3)69(49-25-12-7-13-26-49)72-70(46)52-28-20-27-51(39-52)53-36-37-56(71-68(53)57-31-16-19-34-66(57)75-71)60-42-61-55-30-15-18-33-65(55)74-67(61)43-64(60)73-62-32-17-14-29-54(62)59-41-50(35-38-63(59)73)47-21-8-5-9-22-47/h5-36,38-39,41-44,46,56,58H,4,37,40H2,1-3H3/b69-45-,72-70?. The summed E-state index contributed by atoms with van der Waals surface area (Å²) >= 11 is 0. The van der Waals surface area contributed by atoms with Gasteiger partial charge in [-0.3, -0.25) is 4.99 Å². The molecular weight excluding hydrogens is 913 g/mol. The number of hydrogen-bond acceptors (Lipinski definition) is 3. The Morgan fingerprint density at radius 3 is 1.93 bits per heavy atom. The molecule has 4 nitrogen and oxygen atoms in total. The third-order valence-electron chi connectivity index (χ3n) is 16.7. The highest BCUT2D eigenvalue weighted by molar-refractivity contribution is 6.12. The van der Waals surface area contributed by atoms with E-state index >= 15 is 0 Å². The van der Waals surface area contributed by atoms with Gasteiger partial charge in [0.15, 0.2) is 0 Å². The average Bonchev–Trinajstić information content (AvgIpc) is 4.18. The van der Waals surface area contributed by atoms with E-state index < -0.39 is 0 Å². The van der Waals surface area contributed by atoms with Crippen LogP contribution in [0.4, 0.5) is 0 Å². The number of rotatable bonds is 8. The Morgan fingerprint density at radius 1 is 0.520 bits per heavy atom. The van der Waals surface area contributed by atoms with Gasteiger partial charge in [-0.25, -0.2) is 0 Å². The quantitative estimate of drug-likeness (QED) is 0.152. The molecule has 4 heteroatoms. The van der Waals surface area contributed by atoms with Crippen molar-refractivity contribution in [2.75, 3.05) is 0 Å². The molecule has 0 bridgehead atoms. The molecule has 2 aliphatic rings. The summed E-state index contributed by atoms with van der Waals surface area (Å²) in [6.07, 6.45) is 5.23. The predicted molar refractivity (Wildman–Crippen MR) is 312 cm³/mol. The molecule has 0 fully saturated rings. The van der Waals surface area contributed by atoms with Gasteiger partial charge in [-0.05, 0) is 125 Å². The zero-order valence-corrected chi connectivity index (χ0v) is 42.5. The minimum absolute atomic E-state index is 0.106. The van der Waals surface area contributed by atoms with E-state index in [0.717, 1.165) is 97.2 Å². The van der Waals surface area contributed by atoms with Gasteiger partial charge in [0.25, 0.3) is 0 Å². The van der Waals surface area contributed by atoms with Crippen LogP contribution in [0.3, 0.4) is 0 Å². The first-order valence-electron chi connectivity index (χ1n) is 26.8. The van der Waals surface area contributed by atoms with E-state index in [1.807, 2.05) is 0 Å². The van der Waals surface area contributed by atoms with Gasteiger partial charge in [0, 0.05) is 56.0 Å². The number of aliphatic imine (C=N–C) groups is 1. The summed E-state index contributed by atoms with van der Waals surface area (Å²) in [7, 11) is 0. The fraction of sp³-hybridized carbons (Fsp3) is 0.141. The summed E-state index contributed by atoms with van der Waals surface area (Å²) in [5, 5.41) is 5.75. The molecule has 0 saturated heterocycles. The Hall–Kier alpha value is -8.73. The van der Waals surface area contributed by atoms with Crippen LogP contribution >= 0.6 is 0 Å². The molecule has 0 N–H and O–H groups in total. The number of para-hydroxylation sites is 3. The van der Waals surface area contributed by atoms with Gasteiger partial charge >= 0.3 is 0 Å². The van der Waals surface area contributed by atoms with Crippen LogP contribution in [0.2, 0.25) is 0 Å². The van der Waals surface area contributed by atoms with E-state index in [0.29, 0.717) is 11.8 Å². The summed E-state index contributed by atoms with van der Waals surface area (Å²) in [5.41, 5.74) is 20.4. The van der Waals surface area contributed by atoms with Crippen LogP contribution in [-0.2, 0) is 0 Å². The third kappa shape index (κ3) is 7.53. The predicted octanol–water partition coefficient (Wildman–Crippen LogP) is 19.1. The van der Waals surface area contributed by atoms with E-state index in [1.54, 1.807) is 0 Å². The molecule has 14 rings (SSSR count). The zero-order chi connectivity index (χ0) is 50.1. The highest BCUT2D eigenvalue weighted by Gasteiger charge is 2.35. The lowest BCUT2D eigenvalue weighted by Crippen LogP contribution is -2.25. The van der Waals surface area contributed by atoms with Crippen molar-refractivity contribution in [3.05, 3.63) is 269 Å². The lowest BCUT2D eigenvalue weighted by Gasteiger charge is -2.33. The van der Waals surface area contributed by atoms with Gasteiger partial charge in [-0.15, -0.1) is 0 Å². The fourth-order valence-corrected chi connectivity index (χ4v) is 12.8. The largest absolute Gasteiger partial charge is 0.460 e. The number of fused-ring (bicyclic) bond motifs is 9. The molecule has 12 aromatic rings. The van der Waals surface area contributed by atoms with Gasteiger partial charge in [-0.2, -0.15) is 0 Å². The average molecular weight is 969 g/mol. The first kappa shape index (κ1) is 44.9. The number of benzene rings is 9. The monoisotopic (exact) mass is 968 g/mol. The van der Waals surface area contributed by atoms with Crippen molar-refractivity contribution in [1.29, 1.82) is 0 Å². The molecule has 1 aliphatic carbocycles.